The van der Waals surface area contributed by atoms with Gasteiger partial charge in [-0.3, -0.25) is 0 Å². The van der Waals surface area contributed by atoms with Crippen LogP contribution >= 0.6 is 11.3 Å². The van der Waals surface area contributed by atoms with Crippen LogP contribution in [0.25, 0.3) is 0 Å². The van der Waals surface area contributed by atoms with Crippen molar-refractivity contribution < 1.29 is 19.2 Å². The van der Waals surface area contributed by atoms with E-state index in [9.17, 15) is 4.79 Å². The fourth-order valence-electron chi connectivity index (χ4n) is 2.12. The number of carbonyl (C=O) groups is 1. The first kappa shape index (κ1) is 13.2. The van der Waals surface area contributed by atoms with Crippen LogP contribution in [0.15, 0.2) is 9.90 Å². The monoisotopic (exact) mass is 295 g/mol. The molecule has 0 saturated carbocycles. The molecule has 0 amide bonds. The SMILES string of the molecule is Cc1nc(Cc2noc(C3CCC(C(=O)O)O3)n2)cs1. The highest BCUT2D eigenvalue weighted by molar-refractivity contribution is 7.09. The van der Waals surface area contributed by atoms with Gasteiger partial charge < -0.3 is 14.4 Å². The van der Waals surface area contributed by atoms with Crippen molar-refractivity contribution in [1.82, 2.24) is 15.1 Å². The van der Waals surface area contributed by atoms with Crippen LogP contribution in [0.4, 0.5) is 0 Å². The summed E-state index contributed by atoms with van der Waals surface area (Å²) in [6, 6.07) is 0. The first-order chi connectivity index (χ1) is 9.61. The minimum atomic E-state index is -0.954. The maximum Gasteiger partial charge on any atom is 0.332 e. The van der Waals surface area contributed by atoms with E-state index < -0.39 is 18.2 Å². The zero-order chi connectivity index (χ0) is 14.1. The number of aliphatic carboxylic acids is 1. The smallest absolute Gasteiger partial charge is 0.332 e. The van der Waals surface area contributed by atoms with Crippen LogP contribution in [0.5, 0.6) is 0 Å². The number of nitrogens with zero attached hydrogens (tertiary/aromatic N) is 3. The molecular weight excluding hydrogens is 282 g/mol. The summed E-state index contributed by atoms with van der Waals surface area (Å²) >= 11 is 1.57. The summed E-state index contributed by atoms with van der Waals surface area (Å²) in [5, 5.41) is 15.7. The molecule has 20 heavy (non-hydrogen) atoms. The number of hydrogen-bond donors (Lipinski definition) is 1. The zero-order valence-electron chi connectivity index (χ0n) is 10.8. The Bertz CT molecular complexity index is 624. The van der Waals surface area contributed by atoms with Gasteiger partial charge in [0.15, 0.2) is 11.9 Å². The average molecular weight is 295 g/mol. The van der Waals surface area contributed by atoms with Crippen LogP contribution in [0.1, 0.15) is 41.4 Å². The second-order valence-electron chi connectivity index (χ2n) is 4.61. The molecule has 3 heterocycles. The van der Waals surface area contributed by atoms with Crippen LogP contribution in [0, 0.1) is 6.92 Å². The highest BCUT2D eigenvalue weighted by atomic mass is 32.1. The Morgan fingerprint density at radius 1 is 1.50 bits per heavy atom. The van der Waals surface area contributed by atoms with Crippen LogP contribution < -0.4 is 0 Å². The Morgan fingerprint density at radius 2 is 2.35 bits per heavy atom. The number of thiazole rings is 1. The van der Waals surface area contributed by atoms with E-state index in [1.54, 1.807) is 11.3 Å². The summed E-state index contributed by atoms with van der Waals surface area (Å²) in [4.78, 5) is 19.4. The lowest BCUT2D eigenvalue weighted by atomic mass is 10.2. The van der Waals surface area contributed by atoms with Gasteiger partial charge in [-0.25, -0.2) is 9.78 Å². The van der Waals surface area contributed by atoms with Gasteiger partial charge in [0.25, 0.3) is 5.89 Å². The van der Waals surface area contributed by atoms with Gasteiger partial charge >= 0.3 is 5.97 Å². The Balaban J connectivity index is 1.67. The standard InChI is InChI=1S/C12H13N3O4S/c1-6-13-7(5-20-6)4-10-14-11(19-15-10)8-2-3-9(18-8)12(16)17/h5,8-9H,2-4H2,1H3,(H,16,17). The van der Waals surface area contributed by atoms with Gasteiger partial charge in [0, 0.05) is 5.38 Å². The lowest BCUT2D eigenvalue weighted by Gasteiger charge is -2.05. The van der Waals surface area contributed by atoms with Crippen LogP contribution in [-0.4, -0.2) is 32.3 Å². The first-order valence-electron chi connectivity index (χ1n) is 6.23. The molecule has 0 spiro atoms. The normalized spacial score (nSPS) is 22.2. The fraction of sp³-hybridized carbons (Fsp3) is 0.500. The summed E-state index contributed by atoms with van der Waals surface area (Å²) in [6.45, 7) is 1.94. The van der Waals surface area contributed by atoms with Crippen molar-refractivity contribution in [2.24, 2.45) is 0 Å². The van der Waals surface area contributed by atoms with E-state index in [0.717, 1.165) is 10.7 Å². The molecule has 1 fully saturated rings. The molecule has 2 atom stereocenters. The maximum absolute atomic E-state index is 10.8. The topological polar surface area (TPSA) is 98.3 Å². The van der Waals surface area contributed by atoms with E-state index in [0.29, 0.717) is 31.0 Å². The second-order valence-corrected chi connectivity index (χ2v) is 5.67. The van der Waals surface area contributed by atoms with E-state index in [4.69, 9.17) is 14.4 Å². The van der Waals surface area contributed by atoms with E-state index in [-0.39, 0.29) is 0 Å². The predicted octanol–water partition coefficient (Wildman–Crippen LogP) is 1.73. The van der Waals surface area contributed by atoms with E-state index in [1.165, 1.54) is 0 Å². The third-order valence-corrected chi connectivity index (χ3v) is 3.88. The Hall–Kier alpha value is -1.80. The third-order valence-electron chi connectivity index (χ3n) is 3.06. The van der Waals surface area contributed by atoms with Gasteiger partial charge in [-0.15, -0.1) is 11.3 Å². The molecule has 2 aromatic rings. The van der Waals surface area contributed by atoms with Crippen LogP contribution in [0.3, 0.4) is 0 Å². The van der Waals surface area contributed by atoms with Gasteiger partial charge in [-0.2, -0.15) is 4.98 Å². The number of ether oxygens (including phenoxy) is 1. The number of rotatable bonds is 4. The molecule has 3 rings (SSSR count). The predicted molar refractivity (Wildman–Crippen MR) is 68.4 cm³/mol. The maximum atomic E-state index is 10.8. The molecule has 0 aliphatic carbocycles. The molecule has 1 aliphatic rings. The van der Waals surface area contributed by atoms with Crippen molar-refractivity contribution in [3.63, 3.8) is 0 Å². The molecule has 2 aromatic heterocycles. The van der Waals surface area contributed by atoms with Crippen molar-refractivity contribution in [2.45, 2.75) is 38.4 Å². The summed E-state index contributed by atoms with van der Waals surface area (Å²) in [6.07, 6.45) is 0.339. The van der Waals surface area contributed by atoms with E-state index >= 15 is 0 Å². The number of carboxylic acid groups (broad SMARTS) is 1. The van der Waals surface area contributed by atoms with Crippen molar-refractivity contribution in [3.8, 4) is 0 Å². The average Bonchev–Trinajstić information content (AvgIpc) is 3.10. The van der Waals surface area contributed by atoms with E-state index in [2.05, 4.69) is 15.1 Å². The highest BCUT2D eigenvalue weighted by Crippen LogP contribution is 2.31. The van der Waals surface area contributed by atoms with E-state index in [1.807, 2.05) is 12.3 Å². The lowest BCUT2D eigenvalue weighted by Crippen LogP contribution is -2.18. The third kappa shape index (κ3) is 2.70. The molecule has 0 bridgehead atoms. The molecule has 106 valence electrons. The molecule has 7 nitrogen and oxygen atoms in total. The Labute approximate surface area is 118 Å². The Kier molecular flexibility index (Phi) is 3.49. The molecule has 0 aromatic carbocycles. The molecule has 8 heteroatoms. The number of aromatic nitrogens is 3. The quantitative estimate of drug-likeness (QED) is 0.917. The van der Waals surface area contributed by atoms with Gasteiger partial charge in [0.2, 0.25) is 0 Å². The molecule has 1 N–H and O–H groups in total. The first-order valence-corrected chi connectivity index (χ1v) is 7.11. The molecule has 1 saturated heterocycles. The van der Waals surface area contributed by atoms with Crippen molar-refractivity contribution >= 4 is 17.3 Å². The van der Waals surface area contributed by atoms with Gasteiger partial charge in [-0.05, 0) is 19.8 Å². The van der Waals surface area contributed by atoms with Crippen molar-refractivity contribution in [2.75, 3.05) is 0 Å². The minimum Gasteiger partial charge on any atom is -0.479 e. The summed E-state index contributed by atoms with van der Waals surface area (Å²) in [5.41, 5.74) is 0.899. The van der Waals surface area contributed by atoms with Gasteiger partial charge in [0.1, 0.15) is 6.10 Å². The van der Waals surface area contributed by atoms with Gasteiger partial charge in [-0.1, -0.05) is 5.16 Å². The molecular formula is C12H13N3O4S. The Morgan fingerprint density at radius 3 is 3.00 bits per heavy atom. The molecule has 1 aliphatic heterocycles. The zero-order valence-corrected chi connectivity index (χ0v) is 11.6. The summed E-state index contributed by atoms with van der Waals surface area (Å²) in [5.74, 6) is -0.0754. The summed E-state index contributed by atoms with van der Waals surface area (Å²) in [7, 11) is 0. The van der Waals surface area contributed by atoms with Gasteiger partial charge in [0.05, 0.1) is 17.1 Å². The number of hydrogen-bond acceptors (Lipinski definition) is 7. The second kappa shape index (κ2) is 5.29. The van der Waals surface area contributed by atoms with Crippen molar-refractivity contribution in [3.05, 3.63) is 27.8 Å². The minimum absolute atomic E-state index is 0.343. The van der Waals surface area contributed by atoms with Crippen molar-refractivity contribution in [1.29, 1.82) is 0 Å². The fourth-order valence-corrected chi connectivity index (χ4v) is 2.73. The number of carboxylic acids is 1. The summed E-state index contributed by atoms with van der Waals surface area (Å²) < 4.78 is 10.5. The lowest BCUT2D eigenvalue weighted by molar-refractivity contribution is -0.150. The molecule has 2 unspecified atom stereocenters. The largest absolute Gasteiger partial charge is 0.479 e. The van der Waals surface area contributed by atoms with Crippen LogP contribution in [0.2, 0.25) is 0 Å². The number of aryl methyl sites for hydroxylation is 1. The highest BCUT2D eigenvalue weighted by Gasteiger charge is 2.34. The molecule has 0 radical (unpaired) electrons. The van der Waals surface area contributed by atoms with Crippen LogP contribution in [-0.2, 0) is 16.0 Å².